The number of nitrogens with zero attached hydrogens (tertiary/aromatic N) is 2. The molecule has 2 N–H and O–H groups in total. The number of aromatic nitrogens is 2. The molecule has 13 heteroatoms. The SMILES string of the molecule is COc1cc(-c2noc(COC(=O)c3ccc(C)c(S(N)(=O)=O)c3)n2)ccc1OC(F)F. The van der Waals surface area contributed by atoms with Crippen molar-refractivity contribution in [2.24, 2.45) is 5.14 Å². The molecule has 2 aromatic carbocycles. The van der Waals surface area contributed by atoms with E-state index in [2.05, 4.69) is 14.9 Å². The highest BCUT2D eigenvalue weighted by molar-refractivity contribution is 7.89. The molecule has 3 rings (SSSR count). The van der Waals surface area contributed by atoms with Gasteiger partial charge in [0.2, 0.25) is 15.8 Å². The number of hydrogen-bond acceptors (Lipinski definition) is 9. The number of hydrogen-bond donors (Lipinski definition) is 1. The van der Waals surface area contributed by atoms with Gasteiger partial charge in [0.25, 0.3) is 5.89 Å². The molecule has 0 saturated carbocycles. The molecule has 32 heavy (non-hydrogen) atoms. The van der Waals surface area contributed by atoms with Gasteiger partial charge in [-0.15, -0.1) is 0 Å². The zero-order chi connectivity index (χ0) is 23.5. The minimum Gasteiger partial charge on any atom is -0.493 e. The van der Waals surface area contributed by atoms with E-state index < -0.39 is 29.2 Å². The number of sulfonamides is 1. The van der Waals surface area contributed by atoms with Crippen molar-refractivity contribution in [2.45, 2.75) is 25.0 Å². The summed E-state index contributed by atoms with van der Waals surface area (Å²) in [4.78, 5) is 16.1. The van der Waals surface area contributed by atoms with Gasteiger partial charge in [0.05, 0.1) is 17.6 Å². The summed E-state index contributed by atoms with van der Waals surface area (Å²) in [5, 5.41) is 8.88. The van der Waals surface area contributed by atoms with Crippen LogP contribution in [0, 0.1) is 6.92 Å². The maximum atomic E-state index is 12.4. The second kappa shape index (κ2) is 9.28. The Kier molecular flexibility index (Phi) is 6.69. The van der Waals surface area contributed by atoms with E-state index in [1.807, 2.05) is 0 Å². The average Bonchev–Trinajstić information content (AvgIpc) is 3.20. The lowest BCUT2D eigenvalue weighted by Gasteiger charge is -2.10. The van der Waals surface area contributed by atoms with Crippen LogP contribution in [0.15, 0.2) is 45.8 Å². The van der Waals surface area contributed by atoms with Crippen LogP contribution < -0.4 is 14.6 Å². The van der Waals surface area contributed by atoms with E-state index in [4.69, 9.17) is 19.1 Å². The molecule has 1 heterocycles. The molecule has 0 aliphatic heterocycles. The summed E-state index contributed by atoms with van der Waals surface area (Å²) in [5.74, 6) is -0.930. The molecule has 0 aliphatic carbocycles. The number of halogens is 2. The predicted octanol–water partition coefficient (Wildman–Crippen LogP) is 2.66. The lowest BCUT2D eigenvalue weighted by molar-refractivity contribution is -0.0512. The van der Waals surface area contributed by atoms with Gasteiger partial charge in [-0.2, -0.15) is 13.8 Å². The smallest absolute Gasteiger partial charge is 0.387 e. The topological polar surface area (TPSA) is 144 Å². The van der Waals surface area contributed by atoms with Crippen LogP contribution in [-0.2, 0) is 21.4 Å². The lowest BCUT2D eigenvalue weighted by Crippen LogP contribution is -2.15. The van der Waals surface area contributed by atoms with Crippen LogP contribution in [0.2, 0.25) is 0 Å². The fourth-order valence-corrected chi connectivity index (χ4v) is 3.48. The zero-order valence-electron chi connectivity index (χ0n) is 16.7. The first-order valence-electron chi connectivity index (χ1n) is 8.85. The summed E-state index contributed by atoms with van der Waals surface area (Å²) in [6.45, 7) is -1.87. The van der Waals surface area contributed by atoms with E-state index in [-0.39, 0.29) is 33.7 Å². The van der Waals surface area contributed by atoms with Gasteiger partial charge < -0.3 is 18.7 Å². The van der Waals surface area contributed by atoms with Gasteiger partial charge in [0.1, 0.15) is 0 Å². The number of aryl methyl sites for hydroxylation is 1. The number of carbonyl (C=O) groups is 1. The largest absolute Gasteiger partial charge is 0.493 e. The summed E-state index contributed by atoms with van der Waals surface area (Å²) in [6, 6.07) is 7.98. The van der Waals surface area contributed by atoms with E-state index in [0.29, 0.717) is 11.1 Å². The third-order valence-corrected chi connectivity index (χ3v) is 5.22. The monoisotopic (exact) mass is 469 g/mol. The van der Waals surface area contributed by atoms with E-state index in [9.17, 15) is 22.0 Å². The predicted molar refractivity (Wildman–Crippen MR) is 105 cm³/mol. The van der Waals surface area contributed by atoms with Crippen molar-refractivity contribution >= 4 is 16.0 Å². The number of ether oxygens (including phenoxy) is 3. The van der Waals surface area contributed by atoms with Crippen molar-refractivity contribution in [2.75, 3.05) is 7.11 Å². The minimum atomic E-state index is -4.01. The van der Waals surface area contributed by atoms with Crippen LogP contribution >= 0.6 is 0 Å². The van der Waals surface area contributed by atoms with E-state index in [1.54, 1.807) is 0 Å². The van der Waals surface area contributed by atoms with Crippen molar-refractivity contribution in [1.29, 1.82) is 0 Å². The maximum Gasteiger partial charge on any atom is 0.387 e. The molecule has 0 atom stereocenters. The third-order valence-electron chi connectivity index (χ3n) is 4.16. The molecule has 0 saturated heterocycles. The van der Waals surface area contributed by atoms with Crippen molar-refractivity contribution in [3.63, 3.8) is 0 Å². The molecular weight excluding hydrogens is 452 g/mol. The first kappa shape index (κ1) is 23.1. The summed E-state index contributed by atoms with van der Waals surface area (Å²) in [7, 11) is -2.73. The Labute approximate surface area is 180 Å². The highest BCUT2D eigenvalue weighted by atomic mass is 32.2. The second-order valence-corrected chi connectivity index (χ2v) is 7.89. The van der Waals surface area contributed by atoms with Gasteiger partial charge in [0, 0.05) is 5.56 Å². The Morgan fingerprint density at radius 2 is 1.94 bits per heavy atom. The van der Waals surface area contributed by atoms with Crippen LogP contribution in [0.4, 0.5) is 8.78 Å². The standard InChI is InChI=1S/C19H17F2N3O7S/c1-10-3-4-12(8-15(10)32(22,26)27)18(25)29-9-16-23-17(24-31-16)11-5-6-13(30-19(20)21)14(7-11)28-2/h3-8,19H,9H2,1-2H3,(H2,22,26,27). The van der Waals surface area contributed by atoms with Crippen molar-refractivity contribution in [1.82, 2.24) is 10.1 Å². The van der Waals surface area contributed by atoms with Crippen LogP contribution in [-0.4, -0.2) is 38.2 Å². The fourth-order valence-electron chi connectivity index (χ4n) is 2.67. The fraction of sp³-hybridized carbons (Fsp3) is 0.211. The quantitative estimate of drug-likeness (QED) is 0.492. The molecule has 0 aliphatic rings. The van der Waals surface area contributed by atoms with Gasteiger partial charge >= 0.3 is 12.6 Å². The van der Waals surface area contributed by atoms with Crippen LogP contribution in [0.3, 0.4) is 0 Å². The van der Waals surface area contributed by atoms with Gasteiger partial charge in [-0.05, 0) is 42.8 Å². The second-order valence-electron chi connectivity index (χ2n) is 6.36. The van der Waals surface area contributed by atoms with E-state index in [0.717, 1.165) is 6.07 Å². The highest BCUT2D eigenvalue weighted by Crippen LogP contribution is 2.32. The molecule has 1 aromatic heterocycles. The zero-order valence-corrected chi connectivity index (χ0v) is 17.6. The van der Waals surface area contributed by atoms with Gasteiger partial charge in [-0.25, -0.2) is 18.4 Å². The van der Waals surface area contributed by atoms with Crippen LogP contribution in [0.1, 0.15) is 21.8 Å². The summed E-state index contributed by atoms with van der Waals surface area (Å²) in [5.41, 5.74) is 0.728. The van der Waals surface area contributed by atoms with Gasteiger partial charge in [-0.3, -0.25) is 0 Å². The minimum absolute atomic E-state index is 0.0290. The number of nitrogens with two attached hydrogens (primary N) is 1. The Morgan fingerprint density at radius 3 is 2.59 bits per heavy atom. The Balaban J connectivity index is 1.72. The Morgan fingerprint density at radius 1 is 1.19 bits per heavy atom. The van der Waals surface area contributed by atoms with Crippen molar-refractivity contribution < 1.29 is 40.7 Å². The molecular formula is C19H17F2N3O7S. The molecule has 0 unspecified atom stereocenters. The molecule has 10 nitrogen and oxygen atoms in total. The maximum absolute atomic E-state index is 12.4. The van der Waals surface area contributed by atoms with Crippen molar-refractivity contribution in [3.8, 4) is 22.9 Å². The first-order valence-corrected chi connectivity index (χ1v) is 10.4. The Hall–Kier alpha value is -3.58. The third kappa shape index (κ3) is 5.36. The summed E-state index contributed by atoms with van der Waals surface area (Å²) < 4.78 is 67.6. The number of carbonyl (C=O) groups excluding carboxylic acids is 1. The normalized spacial score (nSPS) is 11.4. The summed E-state index contributed by atoms with van der Waals surface area (Å²) in [6.07, 6.45) is 0. The number of benzene rings is 2. The highest BCUT2D eigenvalue weighted by Gasteiger charge is 2.18. The number of methoxy groups -OCH3 is 1. The van der Waals surface area contributed by atoms with Gasteiger partial charge in [0.15, 0.2) is 18.1 Å². The molecule has 0 amide bonds. The number of rotatable bonds is 8. The molecule has 3 aromatic rings. The van der Waals surface area contributed by atoms with E-state index >= 15 is 0 Å². The summed E-state index contributed by atoms with van der Waals surface area (Å²) >= 11 is 0. The number of esters is 1. The molecule has 0 bridgehead atoms. The van der Waals surface area contributed by atoms with Gasteiger partial charge in [-0.1, -0.05) is 11.2 Å². The number of alkyl halides is 2. The lowest BCUT2D eigenvalue weighted by atomic mass is 10.1. The molecule has 0 fully saturated rings. The average molecular weight is 469 g/mol. The van der Waals surface area contributed by atoms with Crippen LogP contribution in [0.5, 0.6) is 11.5 Å². The first-order chi connectivity index (χ1) is 15.1. The number of primary sulfonamides is 1. The molecule has 0 spiro atoms. The Bertz CT molecular complexity index is 1250. The van der Waals surface area contributed by atoms with Crippen LogP contribution in [0.25, 0.3) is 11.4 Å². The van der Waals surface area contributed by atoms with E-state index in [1.165, 1.54) is 44.4 Å². The van der Waals surface area contributed by atoms with Crippen molar-refractivity contribution in [3.05, 3.63) is 53.4 Å². The molecule has 170 valence electrons. The molecule has 0 radical (unpaired) electrons.